The van der Waals surface area contributed by atoms with Crippen molar-refractivity contribution < 1.29 is 17.6 Å². The van der Waals surface area contributed by atoms with E-state index in [4.69, 9.17) is 34.8 Å². The molecule has 0 atom stereocenters. The van der Waals surface area contributed by atoms with E-state index in [9.17, 15) is 17.6 Å². The van der Waals surface area contributed by atoms with Crippen molar-refractivity contribution in [3.05, 3.63) is 92.3 Å². The third-order valence-corrected chi connectivity index (χ3v) is 7.43. The lowest BCUT2D eigenvalue weighted by Crippen LogP contribution is -2.05. The minimum absolute atomic E-state index is 0.0422. The van der Waals surface area contributed by atoms with Gasteiger partial charge in [0.2, 0.25) is 10.6 Å². The SMILES string of the molecule is CC(C)n1c(CF)nc2c(F)cc(-c3ccnc(Cl)n3)cc21.CC(C)n1c(CF)nc2c(F)cc(Br)cc21.Clc1ccnc(Cl)n1. The topological polar surface area (TPSA) is 87.2 Å². The molecule has 4 aromatic heterocycles. The van der Waals surface area contributed by atoms with Crippen LogP contribution in [0.4, 0.5) is 17.6 Å². The Morgan fingerprint density at radius 3 is 1.65 bits per heavy atom. The molecule has 4 heterocycles. The standard InChI is InChI=1S/C15H13ClF2N4.C11H11BrF2N2.C4H2Cl2N2/c1-8(2)22-12-6-9(11-3-4-19-15(16)20-11)5-10(18)14(12)21-13(22)7-17;1-6(2)16-9-4-7(12)3-8(14)11(9)15-10(16)5-13;5-3-1-2-7-4(6)8-3/h3-6,8H,7H2,1-2H3;3-4,6H,5H2,1-2H3;1-2H. The molecule has 0 amide bonds. The second-order valence-corrected chi connectivity index (χ2v) is 12.2. The van der Waals surface area contributed by atoms with E-state index in [-0.39, 0.29) is 45.3 Å². The number of halogens is 8. The van der Waals surface area contributed by atoms with Crippen molar-refractivity contribution in [2.45, 2.75) is 53.1 Å². The van der Waals surface area contributed by atoms with Gasteiger partial charge in [0.25, 0.3) is 0 Å². The lowest BCUT2D eigenvalue weighted by molar-refractivity contribution is 0.437. The summed E-state index contributed by atoms with van der Waals surface area (Å²) in [6.07, 6.45) is 3.00. The van der Waals surface area contributed by atoms with E-state index in [0.29, 0.717) is 31.9 Å². The number of aromatic nitrogens is 8. The zero-order valence-corrected chi connectivity index (χ0v) is 28.6. The minimum atomic E-state index is -0.749. The summed E-state index contributed by atoms with van der Waals surface area (Å²) in [7, 11) is 0. The van der Waals surface area contributed by atoms with E-state index in [1.807, 2.05) is 27.7 Å². The van der Waals surface area contributed by atoms with Crippen LogP contribution in [0, 0.1) is 11.6 Å². The molecule has 0 fully saturated rings. The number of fused-ring (bicyclic) bond motifs is 2. The predicted octanol–water partition coefficient (Wildman–Crippen LogP) is 10.1. The molecule has 8 nitrogen and oxygen atoms in total. The Balaban J connectivity index is 0.000000174. The molecule has 16 heteroatoms. The summed E-state index contributed by atoms with van der Waals surface area (Å²) in [5, 5.41) is 0.627. The molecule has 0 radical (unpaired) electrons. The predicted molar refractivity (Wildman–Crippen MR) is 176 cm³/mol. The average molecular weight is 761 g/mol. The number of hydrogen-bond acceptors (Lipinski definition) is 6. The first-order chi connectivity index (χ1) is 21.8. The second-order valence-electron chi connectivity index (χ2n) is 10.2. The van der Waals surface area contributed by atoms with Gasteiger partial charge in [-0.25, -0.2) is 47.5 Å². The highest BCUT2D eigenvalue weighted by atomic mass is 79.9. The number of rotatable bonds is 5. The Morgan fingerprint density at radius 1 is 0.696 bits per heavy atom. The van der Waals surface area contributed by atoms with Crippen LogP contribution in [0.5, 0.6) is 0 Å². The molecule has 0 saturated heterocycles. The molecule has 2 aromatic carbocycles. The van der Waals surface area contributed by atoms with Crippen LogP contribution in [-0.2, 0) is 13.3 Å². The summed E-state index contributed by atoms with van der Waals surface area (Å²) in [5.41, 5.74) is 2.58. The Hall–Kier alpha value is -3.39. The van der Waals surface area contributed by atoms with Crippen LogP contribution in [0.2, 0.25) is 15.7 Å². The van der Waals surface area contributed by atoms with Crippen molar-refractivity contribution >= 4 is 72.8 Å². The monoisotopic (exact) mass is 758 g/mol. The van der Waals surface area contributed by atoms with Crippen molar-refractivity contribution in [1.82, 2.24) is 39.0 Å². The zero-order chi connectivity index (χ0) is 33.7. The van der Waals surface area contributed by atoms with E-state index >= 15 is 0 Å². The summed E-state index contributed by atoms with van der Waals surface area (Å²) < 4.78 is 57.9. The van der Waals surface area contributed by atoms with Gasteiger partial charge in [0.15, 0.2) is 11.6 Å². The van der Waals surface area contributed by atoms with Crippen molar-refractivity contribution in [3.63, 3.8) is 0 Å². The fraction of sp³-hybridized carbons (Fsp3) is 0.267. The molecule has 242 valence electrons. The summed E-state index contributed by atoms with van der Waals surface area (Å²) >= 11 is 19.7. The Kier molecular flexibility index (Phi) is 11.9. The third-order valence-electron chi connectivity index (χ3n) is 6.39. The fourth-order valence-corrected chi connectivity index (χ4v) is 5.56. The van der Waals surface area contributed by atoms with Crippen LogP contribution in [0.3, 0.4) is 0 Å². The lowest BCUT2D eigenvalue weighted by Gasteiger charge is -2.12. The molecule has 0 aliphatic carbocycles. The van der Waals surface area contributed by atoms with Crippen LogP contribution in [0.1, 0.15) is 51.4 Å². The molecule has 0 aliphatic heterocycles. The molecule has 0 saturated carbocycles. The maximum absolute atomic E-state index is 14.4. The van der Waals surface area contributed by atoms with Gasteiger partial charge in [-0.3, -0.25) is 0 Å². The molecular formula is C30H26BrCl3F4N8. The number of nitrogens with zero attached hydrogens (tertiary/aromatic N) is 8. The van der Waals surface area contributed by atoms with E-state index in [1.54, 1.807) is 33.4 Å². The highest BCUT2D eigenvalue weighted by Gasteiger charge is 2.19. The van der Waals surface area contributed by atoms with Gasteiger partial charge in [-0.2, -0.15) is 0 Å². The molecule has 0 unspecified atom stereocenters. The normalized spacial score (nSPS) is 11.2. The summed E-state index contributed by atoms with van der Waals surface area (Å²) in [5.74, 6) is -0.474. The van der Waals surface area contributed by atoms with Crippen molar-refractivity contribution in [2.24, 2.45) is 0 Å². The highest BCUT2D eigenvalue weighted by Crippen LogP contribution is 2.30. The van der Waals surface area contributed by atoms with Crippen molar-refractivity contribution in [1.29, 1.82) is 0 Å². The first-order valence-corrected chi connectivity index (χ1v) is 15.6. The smallest absolute Gasteiger partial charge is 0.223 e. The third kappa shape index (κ3) is 8.11. The quantitative estimate of drug-likeness (QED) is 0.0988. The van der Waals surface area contributed by atoms with Gasteiger partial charge in [0.05, 0.1) is 16.7 Å². The molecule has 0 spiro atoms. The fourth-order valence-electron chi connectivity index (χ4n) is 4.67. The second kappa shape index (κ2) is 15.5. The van der Waals surface area contributed by atoms with Gasteiger partial charge in [-0.05, 0) is 87.3 Å². The molecule has 46 heavy (non-hydrogen) atoms. The molecule has 0 N–H and O–H groups in total. The lowest BCUT2D eigenvalue weighted by atomic mass is 10.1. The largest absolute Gasteiger partial charge is 0.323 e. The van der Waals surface area contributed by atoms with Gasteiger partial charge in [0, 0.05) is 34.5 Å². The Morgan fingerprint density at radius 2 is 1.20 bits per heavy atom. The van der Waals surface area contributed by atoms with Crippen LogP contribution >= 0.6 is 50.7 Å². The number of hydrogen-bond donors (Lipinski definition) is 0. The van der Waals surface area contributed by atoms with Crippen LogP contribution < -0.4 is 0 Å². The van der Waals surface area contributed by atoms with E-state index < -0.39 is 25.0 Å². The van der Waals surface area contributed by atoms with Crippen LogP contribution in [0.15, 0.2) is 53.3 Å². The van der Waals surface area contributed by atoms with Gasteiger partial charge < -0.3 is 9.13 Å². The summed E-state index contributed by atoms with van der Waals surface area (Å²) in [6.45, 7) is 6.18. The molecular weight excluding hydrogens is 735 g/mol. The Labute approximate surface area is 284 Å². The molecule has 6 rings (SSSR count). The van der Waals surface area contributed by atoms with Gasteiger partial charge in [0.1, 0.15) is 41.2 Å². The number of alkyl halides is 2. The molecule has 0 aliphatic rings. The maximum atomic E-state index is 14.4. The first kappa shape index (κ1) is 35.5. The number of imidazole rings is 2. The van der Waals surface area contributed by atoms with Crippen molar-refractivity contribution in [2.75, 3.05) is 0 Å². The molecule has 0 bridgehead atoms. The summed E-state index contributed by atoms with van der Waals surface area (Å²) in [6, 6.07) is 9.35. The van der Waals surface area contributed by atoms with Gasteiger partial charge >= 0.3 is 0 Å². The number of benzene rings is 2. The summed E-state index contributed by atoms with van der Waals surface area (Å²) in [4.78, 5) is 23.1. The van der Waals surface area contributed by atoms with E-state index in [2.05, 4.69) is 45.8 Å². The minimum Gasteiger partial charge on any atom is -0.323 e. The maximum Gasteiger partial charge on any atom is 0.223 e. The van der Waals surface area contributed by atoms with Crippen LogP contribution in [0.25, 0.3) is 33.3 Å². The van der Waals surface area contributed by atoms with Crippen LogP contribution in [-0.4, -0.2) is 39.0 Å². The zero-order valence-electron chi connectivity index (χ0n) is 24.8. The van der Waals surface area contributed by atoms with Gasteiger partial charge in [-0.15, -0.1) is 0 Å². The van der Waals surface area contributed by atoms with Crippen molar-refractivity contribution in [3.8, 4) is 11.3 Å². The molecule has 6 aromatic rings. The average Bonchev–Trinajstić information content (AvgIpc) is 3.57. The van der Waals surface area contributed by atoms with E-state index in [1.165, 1.54) is 24.5 Å². The Bertz CT molecular complexity index is 1970. The highest BCUT2D eigenvalue weighted by molar-refractivity contribution is 9.10. The van der Waals surface area contributed by atoms with Gasteiger partial charge in [-0.1, -0.05) is 27.5 Å². The van der Waals surface area contributed by atoms with E-state index in [0.717, 1.165) is 0 Å². The first-order valence-electron chi connectivity index (χ1n) is 13.7.